The van der Waals surface area contributed by atoms with Gasteiger partial charge in [0.1, 0.15) is 11.9 Å². The molecule has 10 heteroatoms. The molecular formula is C18H25N3O6S. The third-order valence-corrected chi connectivity index (χ3v) is 5.16. The van der Waals surface area contributed by atoms with Gasteiger partial charge in [0.25, 0.3) is 15.9 Å². The number of hydrogen-bond acceptors (Lipinski definition) is 7. The summed E-state index contributed by atoms with van der Waals surface area (Å²) >= 11 is 0. The fraction of sp³-hybridized carbons (Fsp3) is 0.500. The fourth-order valence-electron chi connectivity index (χ4n) is 2.40. The minimum absolute atomic E-state index is 0.0784. The van der Waals surface area contributed by atoms with Crippen molar-refractivity contribution in [2.45, 2.75) is 44.2 Å². The third kappa shape index (κ3) is 6.03. The lowest BCUT2D eigenvalue weighted by molar-refractivity contribution is -0.149. The van der Waals surface area contributed by atoms with Crippen LogP contribution in [0.25, 0.3) is 0 Å². The largest absolute Gasteiger partial charge is 0.454 e. The molecule has 0 unspecified atom stereocenters. The second-order valence-corrected chi connectivity index (χ2v) is 8.14. The highest BCUT2D eigenvalue weighted by atomic mass is 32.2. The molecule has 0 spiro atoms. The van der Waals surface area contributed by atoms with E-state index in [2.05, 4.69) is 15.0 Å². The molecule has 0 saturated carbocycles. The average molecular weight is 411 g/mol. The number of hydrogen-bond donors (Lipinski definition) is 2. The summed E-state index contributed by atoms with van der Waals surface area (Å²) in [5.74, 6) is -1.08. The normalized spacial score (nSPS) is 17.1. The minimum atomic E-state index is -3.68. The molecule has 1 heterocycles. The SMILES string of the molecule is CC(C)OCCCNC(=O)COC(=O)[C@H](C)N=C1NS(=O)(=O)c2ccccc21. The van der Waals surface area contributed by atoms with Crippen molar-refractivity contribution in [1.29, 1.82) is 0 Å². The van der Waals surface area contributed by atoms with Gasteiger partial charge in [-0.1, -0.05) is 12.1 Å². The van der Waals surface area contributed by atoms with Gasteiger partial charge in [0.2, 0.25) is 0 Å². The molecule has 1 atom stereocenters. The highest BCUT2D eigenvalue weighted by Crippen LogP contribution is 2.22. The molecule has 1 aliphatic heterocycles. The summed E-state index contributed by atoms with van der Waals surface area (Å²) in [6.07, 6.45) is 0.789. The first kappa shape index (κ1) is 21.8. The number of benzene rings is 1. The molecule has 0 aliphatic carbocycles. The van der Waals surface area contributed by atoms with Crippen LogP contribution in [0.1, 0.15) is 32.8 Å². The fourth-order valence-corrected chi connectivity index (χ4v) is 3.64. The summed E-state index contributed by atoms with van der Waals surface area (Å²) < 4.78 is 36.7. The molecule has 1 aromatic carbocycles. The van der Waals surface area contributed by atoms with Crippen molar-refractivity contribution < 1.29 is 27.5 Å². The number of nitrogens with zero attached hydrogens (tertiary/aromatic N) is 1. The second-order valence-electron chi connectivity index (χ2n) is 6.49. The highest BCUT2D eigenvalue weighted by Gasteiger charge is 2.31. The van der Waals surface area contributed by atoms with Gasteiger partial charge in [-0.3, -0.25) is 14.5 Å². The summed E-state index contributed by atoms with van der Waals surface area (Å²) in [5, 5.41) is 2.62. The first-order valence-electron chi connectivity index (χ1n) is 8.95. The topological polar surface area (TPSA) is 123 Å². The Kier molecular flexibility index (Phi) is 7.53. The molecule has 0 aromatic heterocycles. The molecule has 2 rings (SSSR count). The molecule has 1 aliphatic rings. The summed E-state index contributed by atoms with van der Waals surface area (Å²) in [7, 11) is -3.68. The lowest BCUT2D eigenvalue weighted by Gasteiger charge is -2.10. The van der Waals surface area contributed by atoms with Crippen molar-refractivity contribution in [1.82, 2.24) is 10.0 Å². The van der Waals surface area contributed by atoms with Crippen molar-refractivity contribution in [2.24, 2.45) is 4.99 Å². The van der Waals surface area contributed by atoms with Gasteiger partial charge in [0.05, 0.1) is 11.0 Å². The number of rotatable bonds is 9. The van der Waals surface area contributed by atoms with Gasteiger partial charge >= 0.3 is 5.97 Å². The van der Waals surface area contributed by atoms with E-state index in [4.69, 9.17) is 9.47 Å². The Labute approximate surface area is 164 Å². The Morgan fingerprint density at radius 2 is 1.93 bits per heavy atom. The van der Waals surface area contributed by atoms with Crippen LogP contribution < -0.4 is 10.0 Å². The highest BCUT2D eigenvalue weighted by molar-refractivity contribution is 7.90. The quantitative estimate of drug-likeness (QED) is 0.453. The van der Waals surface area contributed by atoms with Gasteiger partial charge in [-0.05, 0) is 39.3 Å². The number of amides is 1. The predicted octanol–water partition coefficient (Wildman–Crippen LogP) is 0.588. The van der Waals surface area contributed by atoms with E-state index in [0.29, 0.717) is 25.1 Å². The number of nitrogens with one attached hydrogen (secondary N) is 2. The van der Waals surface area contributed by atoms with Crippen LogP contribution in [0.5, 0.6) is 0 Å². The number of fused-ring (bicyclic) bond motifs is 1. The molecule has 1 amide bonds. The van der Waals surface area contributed by atoms with Gasteiger partial charge in [-0.15, -0.1) is 0 Å². The zero-order chi connectivity index (χ0) is 20.7. The van der Waals surface area contributed by atoms with E-state index in [-0.39, 0.29) is 16.8 Å². The summed E-state index contributed by atoms with van der Waals surface area (Å²) in [4.78, 5) is 28.0. The van der Waals surface area contributed by atoms with Crippen molar-refractivity contribution in [2.75, 3.05) is 19.8 Å². The number of aliphatic imine (C=N–C) groups is 1. The third-order valence-electron chi connectivity index (χ3n) is 3.77. The summed E-state index contributed by atoms with van der Waals surface area (Å²) in [6.45, 7) is 5.84. The first-order chi connectivity index (χ1) is 13.2. The van der Waals surface area contributed by atoms with Crippen molar-refractivity contribution in [3.05, 3.63) is 29.8 Å². The molecule has 0 fully saturated rings. The molecule has 0 saturated heterocycles. The van der Waals surface area contributed by atoms with E-state index in [1.165, 1.54) is 13.0 Å². The summed E-state index contributed by atoms with van der Waals surface area (Å²) in [6, 6.07) is 5.36. The van der Waals surface area contributed by atoms with Crippen molar-refractivity contribution in [3.63, 3.8) is 0 Å². The van der Waals surface area contributed by atoms with Gasteiger partial charge in [-0.2, -0.15) is 0 Å². The predicted molar refractivity (Wildman–Crippen MR) is 102 cm³/mol. The van der Waals surface area contributed by atoms with Crippen molar-refractivity contribution in [3.8, 4) is 0 Å². The number of amidine groups is 1. The maximum Gasteiger partial charge on any atom is 0.331 e. The van der Waals surface area contributed by atoms with Crippen molar-refractivity contribution >= 4 is 27.7 Å². The Bertz CT molecular complexity index is 851. The molecule has 1 aromatic rings. The van der Waals surface area contributed by atoms with E-state index in [9.17, 15) is 18.0 Å². The zero-order valence-electron chi connectivity index (χ0n) is 16.1. The molecular weight excluding hydrogens is 386 g/mol. The Balaban J connectivity index is 1.82. The average Bonchev–Trinajstić information content (AvgIpc) is 2.89. The standard InChI is InChI=1S/C18H25N3O6S/c1-12(2)26-10-6-9-19-16(22)11-27-18(23)13(3)20-17-14-7-4-5-8-15(14)28(24,25)21-17/h4-5,7-8,12-13H,6,9-11H2,1-3H3,(H,19,22)(H,20,21)/t13-/m0/s1. The van der Waals surface area contributed by atoms with Gasteiger partial charge in [0, 0.05) is 18.7 Å². The van der Waals surface area contributed by atoms with Crippen LogP contribution in [0.15, 0.2) is 34.2 Å². The van der Waals surface area contributed by atoms with Crippen LogP contribution in [0.2, 0.25) is 0 Å². The van der Waals surface area contributed by atoms with E-state index in [1.54, 1.807) is 18.2 Å². The van der Waals surface area contributed by atoms with Crippen LogP contribution >= 0.6 is 0 Å². The lowest BCUT2D eigenvalue weighted by Crippen LogP contribution is -2.32. The zero-order valence-corrected chi connectivity index (χ0v) is 16.9. The van der Waals surface area contributed by atoms with Crippen LogP contribution in [0.3, 0.4) is 0 Å². The maximum absolute atomic E-state index is 12.1. The first-order valence-corrected chi connectivity index (χ1v) is 10.4. The number of carbonyl (C=O) groups is 2. The molecule has 2 N–H and O–H groups in total. The Morgan fingerprint density at radius 1 is 1.21 bits per heavy atom. The van der Waals surface area contributed by atoms with E-state index >= 15 is 0 Å². The molecule has 9 nitrogen and oxygen atoms in total. The Morgan fingerprint density at radius 3 is 2.64 bits per heavy atom. The maximum atomic E-state index is 12.1. The molecule has 154 valence electrons. The van der Waals surface area contributed by atoms with E-state index in [1.807, 2.05) is 13.8 Å². The Hall–Kier alpha value is -2.46. The van der Waals surface area contributed by atoms with Gasteiger partial charge in [-0.25, -0.2) is 13.2 Å². The number of esters is 1. The molecule has 0 bridgehead atoms. The monoisotopic (exact) mass is 411 g/mol. The number of ether oxygens (including phenoxy) is 2. The van der Waals surface area contributed by atoms with Gasteiger partial charge < -0.3 is 14.8 Å². The molecule has 28 heavy (non-hydrogen) atoms. The summed E-state index contributed by atoms with van der Waals surface area (Å²) in [5.41, 5.74) is 0.392. The van der Waals surface area contributed by atoms with Gasteiger partial charge in [0.15, 0.2) is 6.61 Å². The second kappa shape index (κ2) is 9.65. The smallest absolute Gasteiger partial charge is 0.331 e. The van der Waals surface area contributed by atoms with E-state index < -0.39 is 34.5 Å². The number of sulfonamides is 1. The van der Waals surface area contributed by atoms with Crippen LogP contribution in [0.4, 0.5) is 0 Å². The molecule has 0 radical (unpaired) electrons. The van der Waals surface area contributed by atoms with E-state index in [0.717, 1.165) is 0 Å². The number of carbonyl (C=O) groups excluding carboxylic acids is 2. The van der Waals surface area contributed by atoms with Crippen LogP contribution in [-0.4, -0.2) is 58.0 Å². The van der Waals surface area contributed by atoms with Crippen LogP contribution in [-0.2, 0) is 29.1 Å². The lowest BCUT2D eigenvalue weighted by atomic mass is 10.2. The minimum Gasteiger partial charge on any atom is -0.454 e. The van der Waals surface area contributed by atoms with Crippen LogP contribution in [0, 0.1) is 0 Å².